The van der Waals surface area contributed by atoms with Crippen LogP contribution in [-0.2, 0) is 0 Å². The van der Waals surface area contributed by atoms with Gasteiger partial charge in [-0.25, -0.2) is 9.97 Å². The average Bonchev–Trinajstić information content (AvgIpc) is 3.62. The molecule has 0 atom stereocenters. The summed E-state index contributed by atoms with van der Waals surface area (Å²) in [5.41, 5.74) is 13.7. The van der Waals surface area contributed by atoms with Crippen molar-refractivity contribution in [1.82, 2.24) is 9.97 Å². The molecule has 0 aliphatic rings. The van der Waals surface area contributed by atoms with E-state index in [1.807, 2.05) is 24.3 Å². The van der Waals surface area contributed by atoms with E-state index in [-0.39, 0.29) is 0 Å². The highest BCUT2D eigenvalue weighted by Crippen LogP contribution is 2.39. The fraction of sp³-hybridized carbons (Fsp3) is 0. The first-order chi connectivity index (χ1) is 26.2. The van der Waals surface area contributed by atoms with E-state index in [0.29, 0.717) is 5.82 Å². The number of para-hydroxylation sites is 1. The second kappa shape index (κ2) is 12.9. The molecule has 0 saturated carbocycles. The fourth-order valence-corrected chi connectivity index (χ4v) is 7.45. The fourth-order valence-electron chi connectivity index (χ4n) is 7.45. The van der Waals surface area contributed by atoms with Gasteiger partial charge in [0.25, 0.3) is 0 Å². The minimum absolute atomic E-state index is 0.700. The summed E-state index contributed by atoms with van der Waals surface area (Å²) in [6.45, 7) is 0. The predicted octanol–water partition coefficient (Wildman–Crippen LogP) is 13.5. The highest BCUT2D eigenvalue weighted by atomic mass is 16.3. The summed E-state index contributed by atoms with van der Waals surface area (Å²) in [5, 5.41) is 4.52. The third-order valence-corrected chi connectivity index (χ3v) is 10.1. The number of rotatable bonds is 6. The SMILES string of the molecule is c1ccc(-c2ccc(-c3cc(-c4ccccc4)nc(-c4ccc(-c5cccc(-c6ccc7oc8ccccc8c7c6)c5)c5ccccc45)n3)cc2)cc1. The summed E-state index contributed by atoms with van der Waals surface area (Å²) in [7, 11) is 0. The Hall–Kier alpha value is -7.10. The third kappa shape index (κ3) is 5.65. The summed E-state index contributed by atoms with van der Waals surface area (Å²) in [4.78, 5) is 10.4. The molecule has 3 heteroatoms. The monoisotopic (exact) mass is 676 g/mol. The van der Waals surface area contributed by atoms with Gasteiger partial charge in [0.15, 0.2) is 5.82 Å². The first kappa shape index (κ1) is 30.7. The molecular weight excluding hydrogens is 645 g/mol. The molecule has 248 valence electrons. The highest BCUT2D eigenvalue weighted by molar-refractivity contribution is 6.07. The Morgan fingerprint density at radius 2 is 0.774 bits per heavy atom. The Kier molecular flexibility index (Phi) is 7.47. The van der Waals surface area contributed by atoms with Crippen molar-refractivity contribution in [1.29, 1.82) is 0 Å². The molecule has 53 heavy (non-hydrogen) atoms. The zero-order valence-corrected chi connectivity index (χ0v) is 28.8. The molecule has 0 N–H and O–H groups in total. The van der Waals surface area contributed by atoms with Gasteiger partial charge in [0.05, 0.1) is 11.4 Å². The zero-order valence-electron chi connectivity index (χ0n) is 28.8. The van der Waals surface area contributed by atoms with Crippen LogP contribution in [-0.4, -0.2) is 9.97 Å². The average molecular weight is 677 g/mol. The molecule has 3 nitrogen and oxygen atoms in total. The number of hydrogen-bond donors (Lipinski definition) is 0. The van der Waals surface area contributed by atoms with Crippen LogP contribution in [0.4, 0.5) is 0 Å². The second-order valence-corrected chi connectivity index (χ2v) is 13.4. The molecule has 2 aromatic heterocycles. The van der Waals surface area contributed by atoms with E-state index < -0.39 is 0 Å². The van der Waals surface area contributed by atoms with Crippen molar-refractivity contribution < 1.29 is 4.42 Å². The van der Waals surface area contributed by atoms with Crippen LogP contribution in [0.15, 0.2) is 199 Å². The van der Waals surface area contributed by atoms with Crippen LogP contribution in [0.2, 0.25) is 0 Å². The van der Waals surface area contributed by atoms with E-state index in [9.17, 15) is 0 Å². The minimum atomic E-state index is 0.700. The molecule has 8 aromatic carbocycles. The van der Waals surface area contributed by atoms with Gasteiger partial charge in [-0.1, -0.05) is 158 Å². The van der Waals surface area contributed by atoms with E-state index in [4.69, 9.17) is 14.4 Å². The summed E-state index contributed by atoms with van der Waals surface area (Å²) in [6.07, 6.45) is 0. The van der Waals surface area contributed by atoms with Crippen LogP contribution >= 0.6 is 0 Å². The normalized spacial score (nSPS) is 11.4. The number of nitrogens with zero attached hydrogens (tertiary/aromatic N) is 2. The van der Waals surface area contributed by atoms with E-state index in [2.05, 4.69) is 170 Å². The lowest BCUT2D eigenvalue weighted by molar-refractivity contribution is 0.669. The Labute approximate surface area is 307 Å². The molecule has 0 spiro atoms. The maximum atomic E-state index is 6.11. The molecule has 0 aliphatic heterocycles. The van der Waals surface area contributed by atoms with Crippen molar-refractivity contribution in [3.8, 4) is 67.3 Å². The predicted molar refractivity (Wildman–Crippen MR) is 219 cm³/mol. The highest BCUT2D eigenvalue weighted by Gasteiger charge is 2.16. The molecule has 0 radical (unpaired) electrons. The maximum absolute atomic E-state index is 6.11. The number of furan rings is 1. The van der Waals surface area contributed by atoms with Crippen LogP contribution in [0.25, 0.3) is 100.0 Å². The van der Waals surface area contributed by atoms with Gasteiger partial charge in [-0.3, -0.25) is 0 Å². The van der Waals surface area contributed by atoms with E-state index in [1.54, 1.807) is 0 Å². The van der Waals surface area contributed by atoms with Gasteiger partial charge in [-0.05, 0) is 80.6 Å². The van der Waals surface area contributed by atoms with Crippen molar-refractivity contribution in [3.05, 3.63) is 194 Å². The Morgan fingerprint density at radius 1 is 0.283 bits per heavy atom. The molecule has 0 saturated heterocycles. The largest absolute Gasteiger partial charge is 0.456 e. The van der Waals surface area contributed by atoms with Crippen molar-refractivity contribution in [3.63, 3.8) is 0 Å². The van der Waals surface area contributed by atoms with Crippen molar-refractivity contribution >= 4 is 32.7 Å². The van der Waals surface area contributed by atoms with Crippen LogP contribution in [0.3, 0.4) is 0 Å². The van der Waals surface area contributed by atoms with Gasteiger partial charge < -0.3 is 4.42 Å². The lowest BCUT2D eigenvalue weighted by Gasteiger charge is -2.14. The van der Waals surface area contributed by atoms with E-state index >= 15 is 0 Å². The maximum Gasteiger partial charge on any atom is 0.161 e. The van der Waals surface area contributed by atoms with Crippen LogP contribution in [0, 0.1) is 0 Å². The number of hydrogen-bond acceptors (Lipinski definition) is 3. The molecule has 0 amide bonds. The molecular formula is C50H32N2O. The molecule has 10 aromatic rings. The Morgan fingerprint density at radius 3 is 1.53 bits per heavy atom. The molecule has 2 heterocycles. The molecule has 0 aliphatic carbocycles. The van der Waals surface area contributed by atoms with Crippen molar-refractivity contribution in [2.75, 3.05) is 0 Å². The summed E-state index contributed by atoms with van der Waals surface area (Å²) in [6, 6.07) is 68.1. The van der Waals surface area contributed by atoms with Gasteiger partial charge in [-0.2, -0.15) is 0 Å². The Balaban J connectivity index is 1.08. The minimum Gasteiger partial charge on any atom is -0.456 e. The lowest BCUT2D eigenvalue weighted by atomic mass is 9.92. The van der Waals surface area contributed by atoms with Crippen LogP contribution < -0.4 is 0 Å². The first-order valence-electron chi connectivity index (χ1n) is 17.9. The summed E-state index contributed by atoms with van der Waals surface area (Å²) in [5.74, 6) is 0.700. The number of benzene rings is 8. The summed E-state index contributed by atoms with van der Waals surface area (Å²) >= 11 is 0. The third-order valence-electron chi connectivity index (χ3n) is 10.1. The smallest absolute Gasteiger partial charge is 0.161 e. The molecule has 0 fully saturated rings. The number of fused-ring (bicyclic) bond motifs is 4. The number of aromatic nitrogens is 2. The molecule has 0 unspecified atom stereocenters. The Bertz CT molecular complexity index is 2930. The second-order valence-electron chi connectivity index (χ2n) is 13.4. The zero-order chi connectivity index (χ0) is 35.1. The van der Waals surface area contributed by atoms with Crippen LogP contribution in [0.1, 0.15) is 0 Å². The first-order valence-corrected chi connectivity index (χ1v) is 17.9. The van der Waals surface area contributed by atoms with Gasteiger partial charge in [0.2, 0.25) is 0 Å². The summed E-state index contributed by atoms with van der Waals surface area (Å²) < 4.78 is 6.11. The quantitative estimate of drug-likeness (QED) is 0.176. The van der Waals surface area contributed by atoms with Gasteiger partial charge in [-0.15, -0.1) is 0 Å². The van der Waals surface area contributed by atoms with Crippen molar-refractivity contribution in [2.24, 2.45) is 0 Å². The lowest BCUT2D eigenvalue weighted by Crippen LogP contribution is -1.97. The van der Waals surface area contributed by atoms with Gasteiger partial charge >= 0.3 is 0 Å². The van der Waals surface area contributed by atoms with Gasteiger partial charge in [0.1, 0.15) is 11.2 Å². The van der Waals surface area contributed by atoms with Gasteiger partial charge in [0, 0.05) is 27.5 Å². The topological polar surface area (TPSA) is 38.9 Å². The van der Waals surface area contributed by atoms with E-state index in [1.165, 1.54) is 11.1 Å². The standard InChI is InChI=1S/C50H32N2O/c1-3-12-33(13-4-1)34-22-24-36(25-23-34)47-32-46(35-14-5-2-6-15-35)51-50(52-47)44-28-27-40(41-18-7-8-19-42(41)44)39-17-11-16-37(30-39)38-26-29-49-45(31-38)43-20-9-10-21-48(43)53-49/h1-32H. The van der Waals surface area contributed by atoms with E-state index in [0.717, 1.165) is 83.0 Å². The van der Waals surface area contributed by atoms with Crippen molar-refractivity contribution in [2.45, 2.75) is 0 Å². The van der Waals surface area contributed by atoms with Crippen LogP contribution in [0.5, 0.6) is 0 Å². The molecule has 10 rings (SSSR count). The molecule has 0 bridgehead atoms.